The maximum atomic E-state index is 9.92. The topological polar surface area (TPSA) is 20.2 Å². The Bertz CT molecular complexity index is 502. The van der Waals surface area contributed by atoms with E-state index in [1.165, 1.54) is 16.3 Å². The molecule has 1 N–H and O–H groups in total. The van der Waals surface area contributed by atoms with Crippen LogP contribution in [-0.2, 0) is 6.42 Å². The Balaban J connectivity index is 2.33. The Labute approximate surface area is 89.4 Å². The van der Waals surface area contributed by atoms with Gasteiger partial charge in [-0.05, 0) is 41.2 Å². The maximum absolute atomic E-state index is 9.92. The standard InChI is InChI=1S/C14H14O/c15-14-7-3-6-12-11-5-2-1-4-10(11)8-9-13(12)14/h1-2,4-5,8-9,14-15H,3,6-7H2/t14-/m1/s1. The van der Waals surface area contributed by atoms with Crippen LogP contribution in [0.4, 0.5) is 0 Å². The minimum atomic E-state index is -0.252. The molecule has 0 amide bonds. The highest BCUT2D eigenvalue weighted by atomic mass is 16.3. The summed E-state index contributed by atoms with van der Waals surface area (Å²) in [6, 6.07) is 12.6. The molecule has 0 unspecified atom stereocenters. The molecule has 1 atom stereocenters. The molecule has 2 aromatic rings. The molecule has 0 saturated carbocycles. The van der Waals surface area contributed by atoms with Gasteiger partial charge in [0.2, 0.25) is 0 Å². The molecule has 1 aliphatic rings. The van der Waals surface area contributed by atoms with Crippen molar-refractivity contribution in [2.45, 2.75) is 25.4 Å². The summed E-state index contributed by atoms with van der Waals surface area (Å²) >= 11 is 0. The second-order valence-electron chi connectivity index (χ2n) is 4.26. The van der Waals surface area contributed by atoms with Crippen molar-refractivity contribution in [3.8, 4) is 0 Å². The average Bonchev–Trinajstić information content (AvgIpc) is 2.29. The lowest BCUT2D eigenvalue weighted by atomic mass is 9.86. The maximum Gasteiger partial charge on any atom is 0.0793 e. The van der Waals surface area contributed by atoms with Crippen molar-refractivity contribution in [2.75, 3.05) is 0 Å². The number of benzene rings is 2. The van der Waals surface area contributed by atoms with Crippen LogP contribution in [0, 0.1) is 0 Å². The van der Waals surface area contributed by atoms with E-state index in [9.17, 15) is 5.11 Å². The molecule has 0 saturated heterocycles. The predicted octanol–water partition coefficient (Wildman–Crippen LogP) is 3.21. The van der Waals surface area contributed by atoms with Gasteiger partial charge in [0.1, 0.15) is 0 Å². The molecule has 0 fully saturated rings. The fourth-order valence-electron chi connectivity index (χ4n) is 2.57. The van der Waals surface area contributed by atoms with Gasteiger partial charge >= 0.3 is 0 Å². The molecule has 0 aromatic heterocycles. The van der Waals surface area contributed by atoms with Crippen LogP contribution in [-0.4, -0.2) is 5.11 Å². The molecule has 3 rings (SSSR count). The number of hydrogen-bond donors (Lipinski definition) is 1. The van der Waals surface area contributed by atoms with E-state index in [-0.39, 0.29) is 6.10 Å². The van der Waals surface area contributed by atoms with Gasteiger partial charge in [0.15, 0.2) is 0 Å². The van der Waals surface area contributed by atoms with Crippen LogP contribution in [0.3, 0.4) is 0 Å². The van der Waals surface area contributed by atoms with Crippen LogP contribution in [0.25, 0.3) is 10.8 Å². The van der Waals surface area contributed by atoms with Crippen LogP contribution in [0.15, 0.2) is 36.4 Å². The van der Waals surface area contributed by atoms with E-state index in [2.05, 4.69) is 36.4 Å². The summed E-state index contributed by atoms with van der Waals surface area (Å²) in [5.74, 6) is 0. The third-order valence-electron chi connectivity index (χ3n) is 3.34. The predicted molar refractivity (Wildman–Crippen MR) is 61.8 cm³/mol. The minimum absolute atomic E-state index is 0.252. The van der Waals surface area contributed by atoms with Gasteiger partial charge < -0.3 is 5.11 Å². The fourth-order valence-corrected chi connectivity index (χ4v) is 2.57. The molecule has 1 heteroatoms. The molecule has 76 valence electrons. The molecular weight excluding hydrogens is 184 g/mol. The third-order valence-corrected chi connectivity index (χ3v) is 3.34. The first-order valence-electron chi connectivity index (χ1n) is 5.55. The van der Waals surface area contributed by atoms with Crippen LogP contribution in [0.1, 0.15) is 30.1 Å². The highest BCUT2D eigenvalue weighted by molar-refractivity contribution is 5.87. The second kappa shape index (κ2) is 3.35. The molecule has 0 spiro atoms. The van der Waals surface area contributed by atoms with Gasteiger partial charge in [-0.1, -0.05) is 36.4 Å². The van der Waals surface area contributed by atoms with Crippen LogP contribution >= 0.6 is 0 Å². The summed E-state index contributed by atoms with van der Waals surface area (Å²) in [6.07, 6.45) is 2.86. The van der Waals surface area contributed by atoms with E-state index in [0.29, 0.717) is 0 Å². The van der Waals surface area contributed by atoms with Gasteiger partial charge in [0.05, 0.1) is 6.10 Å². The van der Waals surface area contributed by atoms with E-state index in [1.807, 2.05) is 0 Å². The van der Waals surface area contributed by atoms with Crippen molar-refractivity contribution in [1.82, 2.24) is 0 Å². The molecule has 2 aromatic carbocycles. The van der Waals surface area contributed by atoms with Crippen LogP contribution in [0.5, 0.6) is 0 Å². The van der Waals surface area contributed by atoms with Crippen molar-refractivity contribution in [1.29, 1.82) is 0 Å². The molecular formula is C14H14O. The van der Waals surface area contributed by atoms with Crippen molar-refractivity contribution >= 4 is 10.8 Å². The first-order chi connectivity index (χ1) is 7.36. The Hall–Kier alpha value is -1.34. The zero-order valence-electron chi connectivity index (χ0n) is 8.61. The number of hydrogen-bond acceptors (Lipinski definition) is 1. The summed E-state index contributed by atoms with van der Waals surface area (Å²) in [5, 5.41) is 12.5. The smallest absolute Gasteiger partial charge is 0.0793 e. The van der Waals surface area contributed by atoms with E-state index < -0.39 is 0 Å². The van der Waals surface area contributed by atoms with Crippen molar-refractivity contribution in [3.63, 3.8) is 0 Å². The molecule has 1 nitrogen and oxygen atoms in total. The fraction of sp³-hybridized carbons (Fsp3) is 0.286. The van der Waals surface area contributed by atoms with Crippen molar-refractivity contribution < 1.29 is 5.11 Å². The Morgan fingerprint density at radius 3 is 2.87 bits per heavy atom. The van der Waals surface area contributed by atoms with Gasteiger partial charge in [-0.2, -0.15) is 0 Å². The van der Waals surface area contributed by atoms with Crippen LogP contribution in [0.2, 0.25) is 0 Å². The van der Waals surface area contributed by atoms with Gasteiger partial charge in [-0.25, -0.2) is 0 Å². The highest BCUT2D eigenvalue weighted by Gasteiger charge is 2.19. The van der Waals surface area contributed by atoms with Gasteiger partial charge in [0.25, 0.3) is 0 Å². The summed E-state index contributed by atoms with van der Waals surface area (Å²) in [5.41, 5.74) is 2.49. The zero-order chi connectivity index (χ0) is 10.3. The lowest BCUT2D eigenvalue weighted by Gasteiger charge is -2.22. The van der Waals surface area contributed by atoms with E-state index in [4.69, 9.17) is 0 Å². The Morgan fingerprint density at radius 2 is 1.93 bits per heavy atom. The molecule has 15 heavy (non-hydrogen) atoms. The van der Waals surface area contributed by atoms with Crippen molar-refractivity contribution in [3.05, 3.63) is 47.5 Å². The highest BCUT2D eigenvalue weighted by Crippen LogP contribution is 2.34. The number of aryl methyl sites for hydroxylation is 1. The quantitative estimate of drug-likeness (QED) is 0.689. The van der Waals surface area contributed by atoms with Gasteiger partial charge in [-0.3, -0.25) is 0 Å². The number of aliphatic hydroxyl groups is 1. The number of fused-ring (bicyclic) bond motifs is 3. The first-order valence-corrected chi connectivity index (χ1v) is 5.55. The number of rotatable bonds is 0. The van der Waals surface area contributed by atoms with Gasteiger partial charge in [-0.15, -0.1) is 0 Å². The molecule has 0 bridgehead atoms. The van der Waals surface area contributed by atoms with E-state index in [1.54, 1.807) is 0 Å². The minimum Gasteiger partial charge on any atom is -0.388 e. The Kier molecular flexibility index (Phi) is 2.00. The normalized spacial score (nSPS) is 20.2. The summed E-state index contributed by atoms with van der Waals surface area (Å²) in [6.45, 7) is 0. The lowest BCUT2D eigenvalue weighted by Crippen LogP contribution is -2.09. The zero-order valence-corrected chi connectivity index (χ0v) is 8.61. The molecule has 0 aliphatic heterocycles. The van der Waals surface area contributed by atoms with Gasteiger partial charge in [0, 0.05) is 0 Å². The SMILES string of the molecule is O[C@@H]1CCCc2c1ccc1ccccc21. The third kappa shape index (κ3) is 1.35. The van der Waals surface area contributed by atoms with E-state index in [0.717, 1.165) is 24.8 Å². The lowest BCUT2D eigenvalue weighted by molar-refractivity contribution is 0.157. The molecule has 1 aliphatic carbocycles. The first kappa shape index (κ1) is 8.93. The summed E-state index contributed by atoms with van der Waals surface area (Å²) in [4.78, 5) is 0. The number of aliphatic hydroxyl groups excluding tert-OH is 1. The van der Waals surface area contributed by atoms with E-state index >= 15 is 0 Å². The second-order valence-corrected chi connectivity index (χ2v) is 4.26. The van der Waals surface area contributed by atoms with Crippen molar-refractivity contribution in [2.24, 2.45) is 0 Å². The largest absolute Gasteiger partial charge is 0.388 e. The summed E-state index contributed by atoms with van der Waals surface area (Å²) < 4.78 is 0. The summed E-state index contributed by atoms with van der Waals surface area (Å²) in [7, 11) is 0. The molecule has 0 heterocycles. The Morgan fingerprint density at radius 1 is 1.07 bits per heavy atom. The average molecular weight is 198 g/mol. The monoisotopic (exact) mass is 198 g/mol. The molecule has 0 radical (unpaired) electrons. The van der Waals surface area contributed by atoms with Crippen LogP contribution < -0.4 is 0 Å².